The van der Waals surface area contributed by atoms with Crippen LogP contribution in [0.4, 0.5) is 0 Å². The summed E-state index contributed by atoms with van der Waals surface area (Å²) in [5, 5.41) is 0.527. The Kier molecular flexibility index (Phi) is 4.49. The fraction of sp³-hybridized carbons (Fsp3) is 0.176. The zero-order chi connectivity index (χ0) is 18.3. The lowest BCUT2D eigenvalue weighted by molar-refractivity contribution is -0.136. The Bertz CT molecular complexity index is 944. The largest absolute Gasteiger partial charge is 0.465 e. The minimum Gasteiger partial charge on any atom is -0.465 e. The highest BCUT2D eigenvalue weighted by molar-refractivity contribution is 6.36. The highest BCUT2D eigenvalue weighted by Gasteiger charge is 2.40. The molecule has 0 saturated heterocycles. The number of halogens is 2. The molecular formula is C17H13Cl2NO5. The van der Waals surface area contributed by atoms with Crippen molar-refractivity contribution in [1.29, 1.82) is 0 Å². The summed E-state index contributed by atoms with van der Waals surface area (Å²) in [7, 11) is 1.20. The molecule has 25 heavy (non-hydrogen) atoms. The number of aryl methyl sites for hydroxylation is 1. The van der Waals surface area contributed by atoms with Gasteiger partial charge in [-0.15, -0.1) is 0 Å². The number of methoxy groups -OCH3 is 1. The van der Waals surface area contributed by atoms with Crippen molar-refractivity contribution >= 4 is 29.2 Å². The third-order valence-electron chi connectivity index (χ3n) is 3.83. The third kappa shape index (κ3) is 2.88. The molecule has 1 atom stereocenters. The van der Waals surface area contributed by atoms with E-state index in [0.29, 0.717) is 11.3 Å². The van der Waals surface area contributed by atoms with Gasteiger partial charge in [-0.3, -0.25) is 0 Å². The number of benzene rings is 1. The Labute approximate surface area is 152 Å². The van der Waals surface area contributed by atoms with E-state index < -0.39 is 17.5 Å². The summed E-state index contributed by atoms with van der Waals surface area (Å²) >= 11 is 12.6. The first kappa shape index (κ1) is 17.4. The number of carbonyl (C=O) groups excluding carboxylic acids is 1. The Morgan fingerprint density at radius 3 is 2.48 bits per heavy atom. The van der Waals surface area contributed by atoms with E-state index in [9.17, 15) is 9.59 Å². The van der Waals surface area contributed by atoms with Crippen molar-refractivity contribution in [3.05, 3.63) is 73.1 Å². The van der Waals surface area contributed by atoms with Crippen molar-refractivity contribution < 1.29 is 18.7 Å². The summed E-state index contributed by atoms with van der Waals surface area (Å²) in [4.78, 5) is 24.8. The normalized spacial score (nSPS) is 16.2. The molecule has 2 aromatic rings. The number of fused-ring (bicyclic) bond motifs is 1. The van der Waals surface area contributed by atoms with Gasteiger partial charge in [-0.05, 0) is 19.1 Å². The van der Waals surface area contributed by atoms with Crippen molar-refractivity contribution in [2.45, 2.75) is 12.8 Å². The Morgan fingerprint density at radius 1 is 1.24 bits per heavy atom. The Morgan fingerprint density at radius 2 is 1.88 bits per heavy atom. The van der Waals surface area contributed by atoms with E-state index in [-0.39, 0.29) is 32.8 Å². The second-order valence-electron chi connectivity index (χ2n) is 5.36. The minimum absolute atomic E-state index is 0.0684. The fourth-order valence-corrected chi connectivity index (χ4v) is 3.42. The molecule has 2 N–H and O–H groups in total. The number of nitrogens with two attached hydrogens (primary N) is 1. The van der Waals surface area contributed by atoms with Gasteiger partial charge >= 0.3 is 11.6 Å². The zero-order valence-electron chi connectivity index (χ0n) is 13.3. The van der Waals surface area contributed by atoms with Gasteiger partial charge in [0, 0.05) is 21.7 Å². The van der Waals surface area contributed by atoms with Crippen LogP contribution in [0.5, 0.6) is 5.75 Å². The summed E-state index contributed by atoms with van der Waals surface area (Å²) in [6, 6.07) is 6.35. The van der Waals surface area contributed by atoms with Crippen molar-refractivity contribution in [1.82, 2.24) is 0 Å². The molecular weight excluding hydrogens is 369 g/mol. The average molecular weight is 382 g/mol. The number of esters is 1. The van der Waals surface area contributed by atoms with E-state index in [1.165, 1.54) is 13.2 Å². The maximum Gasteiger partial charge on any atom is 0.343 e. The summed E-state index contributed by atoms with van der Waals surface area (Å²) < 4.78 is 15.4. The molecule has 1 unspecified atom stereocenters. The maximum atomic E-state index is 12.5. The molecule has 6 nitrogen and oxygen atoms in total. The molecule has 0 aliphatic carbocycles. The van der Waals surface area contributed by atoms with E-state index >= 15 is 0 Å². The first-order chi connectivity index (χ1) is 11.8. The first-order valence-electron chi connectivity index (χ1n) is 7.19. The van der Waals surface area contributed by atoms with Crippen LogP contribution in [0.25, 0.3) is 0 Å². The first-order valence-corrected chi connectivity index (χ1v) is 7.95. The molecule has 130 valence electrons. The van der Waals surface area contributed by atoms with Crippen LogP contribution < -0.4 is 16.1 Å². The molecule has 1 aromatic carbocycles. The van der Waals surface area contributed by atoms with Crippen molar-refractivity contribution in [2.75, 3.05) is 7.11 Å². The molecule has 1 aromatic heterocycles. The lowest BCUT2D eigenvalue weighted by Crippen LogP contribution is -2.31. The lowest BCUT2D eigenvalue weighted by atomic mass is 9.83. The molecule has 0 amide bonds. The summed E-state index contributed by atoms with van der Waals surface area (Å²) in [6.07, 6.45) is 0. The van der Waals surface area contributed by atoms with Crippen LogP contribution in [-0.2, 0) is 9.53 Å². The molecule has 8 heteroatoms. The van der Waals surface area contributed by atoms with Gasteiger partial charge in [0.1, 0.15) is 17.1 Å². The Hall–Kier alpha value is -2.44. The Balaban J connectivity index is 2.39. The van der Waals surface area contributed by atoms with Crippen molar-refractivity contribution in [3.63, 3.8) is 0 Å². The number of ether oxygens (including phenoxy) is 2. The van der Waals surface area contributed by atoms with Crippen LogP contribution in [0.2, 0.25) is 10.0 Å². The maximum absolute atomic E-state index is 12.5. The third-order valence-corrected chi connectivity index (χ3v) is 4.49. The number of hydrogen-bond acceptors (Lipinski definition) is 6. The molecule has 0 radical (unpaired) electrons. The predicted octanol–water partition coefficient (Wildman–Crippen LogP) is 3.12. The topological polar surface area (TPSA) is 91.8 Å². The summed E-state index contributed by atoms with van der Waals surface area (Å²) in [5.74, 6) is -1.41. The van der Waals surface area contributed by atoms with E-state index in [1.54, 1.807) is 25.1 Å². The van der Waals surface area contributed by atoms with Gasteiger partial charge in [0.2, 0.25) is 5.88 Å². The van der Waals surface area contributed by atoms with Gasteiger partial charge in [0.05, 0.1) is 18.6 Å². The number of carbonyl (C=O) groups is 1. The van der Waals surface area contributed by atoms with E-state index in [1.807, 2.05) is 0 Å². The summed E-state index contributed by atoms with van der Waals surface area (Å²) in [6.45, 7) is 1.60. The van der Waals surface area contributed by atoms with E-state index in [2.05, 4.69) is 0 Å². The van der Waals surface area contributed by atoms with Crippen LogP contribution in [0, 0.1) is 6.92 Å². The fourth-order valence-electron chi connectivity index (χ4n) is 2.80. The molecule has 0 bridgehead atoms. The highest BCUT2D eigenvalue weighted by atomic mass is 35.5. The van der Waals surface area contributed by atoms with E-state index in [4.69, 9.17) is 42.8 Å². The predicted molar refractivity (Wildman–Crippen MR) is 91.9 cm³/mol. The standard InChI is InChI=1S/C17H13Cl2NO5/c1-7-6-10-12(17(22)24-7)13(11-8(18)4-3-5-9(11)19)14(15(20)25-10)16(21)23-2/h3-6,13H,20H2,1-2H3. The number of hydrogen-bond donors (Lipinski definition) is 1. The monoisotopic (exact) mass is 381 g/mol. The molecule has 0 fully saturated rings. The molecule has 1 aliphatic heterocycles. The van der Waals surface area contributed by atoms with Gasteiger partial charge in [0.25, 0.3) is 0 Å². The van der Waals surface area contributed by atoms with Gasteiger partial charge in [-0.1, -0.05) is 29.3 Å². The SMILES string of the molecule is COC(=O)C1=C(N)Oc2cc(C)oc(=O)c2C1c1c(Cl)cccc1Cl. The van der Waals surface area contributed by atoms with Crippen LogP contribution >= 0.6 is 23.2 Å². The van der Waals surface area contributed by atoms with Gasteiger partial charge < -0.3 is 19.6 Å². The molecule has 3 rings (SSSR count). The van der Waals surface area contributed by atoms with Crippen LogP contribution in [0.3, 0.4) is 0 Å². The average Bonchev–Trinajstić information content (AvgIpc) is 2.53. The molecule has 0 spiro atoms. The summed E-state index contributed by atoms with van der Waals surface area (Å²) in [5.41, 5.74) is 5.61. The number of rotatable bonds is 2. The van der Waals surface area contributed by atoms with Crippen LogP contribution in [0.15, 0.2) is 44.9 Å². The molecule has 2 heterocycles. The quantitative estimate of drug-likeness (QED) is 0.803. The van der Waals surface area contributed by atoms with Gasteiger partial charge in [-0.2, -0.15) is 0 Å². The van der Waals surface area contributed by atoms with Gasteiger partial charge in [0.15, 0.2) is 0 Å². The second kappa shape index (κ2) is 6.46. The smallest absolute Gasteiger partial charge is 0.343 e. The second-order valence-corrected chi connectivity index (χ2v) is 6.18. The van der Waals surface area contributed by atoms with Crippen LogP contribution in [-0.4, -0.2) is 13.1 Å². The van der Waals surface area contributed by atoms with E-state index in [0.717, 1.165) is 0 Å². The van der Waals surface area contributed by atoms with Crippen molar-refractivity contribution in [2.24, 2.45) is 5.73 Å². The highest BCUT2D eigenvalue weighted by Crippen LogP contribution is 2.45. The van der Waals surface area contributed by atoms with Crippen LogP contribution in [0.1, 0.15) is 22.8 Å². The molecule has 0 saturated carbocycles. The lowest BCUT2D eigenvalue weighted by Gasteiger charge is -2.28. The molecule has 1 aliphatic rings. The minimum atomic E-state index is -0.978. The zero-order valence-corrected chi connectivity index (χ0v) is 14.8. The van der Waals surface area contributed by atoms with Crippen molar-refractivity contribution in [3.8, 4) is 5.75 Å². The van der Waals surface area contributed by atoms with Gasteiger partial charge in [-0.25, -0.2) is 9.59 Å².